The molecule has 0 radical (unpaired) electrons. The number of nitrogens with one attached hydrogen (secondary N) is 1. The van der Waals surface area contributed by atoms with Crippen LogP contribution in [0.25, 0.3) is 0 Å². The second kappa shape index (κ2) is 4.42. The van der Waals surface area contributed by atoms with E-state index in [2.05, 4.69) is 15.4 Å². The molecule has 0 saturated heterocycles. The average Bonchev–Trinajstić information content (AvgIpc) is 2.55. The standard InChI is InChI=1S/C10H15N3O2/c14-10(15)9-8(11-13-12-9)7-5-3-1-2-4-6-7/h7H,1-6H2,(H,14,15)(H,11,12,13). The number of nitrogens with zero attached hydrogens (tertiary/aromatic N) is 2. The van der Waals surface area contributed by atoms with Crippen molar-refractivity contribution in [1.29, 1.82) is 0 Å². The quantitative estimate of drug-likeness (QED) is 0.729. The fourth-order valence-corrected chi connectivity index (χ4v) is 2.23. The van der Waals surface area contributed by atoms with Crippen molar-refractivity contribution in [3.8, 4) is 0 Å². The molecule has 1 aromatic heterocycles. The highest BCUT2D eigenvalue weighted by molar-refractivity contribution is 5.86. The minimum absolute atomic E-state index is 0.0990. The van der Waals surface area contributed by atoms with Gasteiger partial charge in [-0.05, 0) is 12.8 Å². The van der Waals surface area contributed by atoms with E-state index in [0.29, 0.717) is 5.69 Å². The van der Waals surface area contributed by atoms with Crippen molar-refractivity contribution in [3.05, 3.63) is 11.4 Å². The third kappa shape index (κ3) is 2.16. The van der Waals surface area contributed by atoms with Crippen LogP contribution in [0.1, 0.15) is 60.6 Å². The number of carboxylic acid groups (broad SMARTS) is 1. The molecule has 0 unspecified atom stereocenters. The Kier molecular flexibility index (Phi) is 2.99. The van der Waals surface area contributed by atoms with E-state index in [4.69, 9.17) is 5.11 Å². The predicted molar refractivity (Wildman–Crippen MR) is 53.8 cm³/mol. The molecule has 1 aromatic rings. The van der Waals surface area contributed by atoms with Gasteiger partial charge in [0.25, 0.3) is 0 Å². The van der Waals surface area contributed by atoms with Crippen LogP contribution in [0, 0.1) is 0 Å². The smallest absolute Gasteiger partial charge is 0.358 e. The Morgan fingerprint density at radius 3 is 2.47 bits per heavy atom. The summed E-state index contributed by atoms with van der Waals surface area (Å²) >= 11 is 0. The van der Waals surface area contributed by atoms with Gasteiger partial charge in [-0.2, -0.15) is 10.3 Å². The zero-order valence-corrected chi connectivity index (χ0v) is 8.57. The molecule has 0 aromatic carbocycles. The largest absolute Gasteiger partial charge is 0.476 e. The summed E-state index contributed by atoms with van der Waals surface area (Å²) < 4.78 is 0. The highest BCUT2D eigenvalue weighted by atomic mass is 16.4. The third-order valence-electron chi connectivity index (χ3n) is 3.02. The molecular formula is C10H15N3O2. The van der Waals surface area contributed by atoms with Crippen LogP contribution in [0.15, 0.2) is 0 Å². The summed E-state index contributed by atoms with van der Waals surface area (Å²) in [6, 6.07) is 0. The lowest BCUT2D eigenvalue weighted by molar-refractivity contribution is 0.0688. The molecule has 1 aliphatic carbocycles. The molecule has 1 heterocycles. The van der Waals surface area contributed by atoms with Crippen LogP contribution in [0.3, 0.4) is 0 Å². The highest BCUT2D eigenvalue weighted by Crippen LogP contribution is 2.31. The molecule has 5 nitrogen and oxygen atoms in total. The summed E-state index contributed by atoms with van der Waals surface area (Å²) in [7, 11) is 0. The third-order valence-corrected chi connectivity index (χ3v) is 3.02. The number of rotatable bonds is 2. The number of carboxylic acids is 1. The maximum Gasteiger partial charge on any atom is 0.358 e. The summed E-state index contributed by atoms with van der Waals surface area (Å²) in [5, 5.41) is 19.0. The highest BCUT2D eigenvalue weighted by Gasteiger charge is 2.24. The first-order valence-electron chi connectivity index (χ1n) is 5.43. The maximum atomic E-state index is 10.9. The number of H-pyrrole nitrogens is 1. The van der Waals surface area contributed by atoms with Crippen LogP contribution in [0.4, 0.5) is 0 Å². The Bertz CT molecular complexity index is 340. The molecule has 0 atom stereocenters. The summed E-state index contributed by atoms with van der Waals surface area (Å²) in [5.74, 6) is -0.708. The second-order valence-corrected chi connectivity index (χ2v) is 4.05. The Hall–Kier alpha value is -1.39. The van der Waals surface area contributed by atoms with Gasteiger partial charge in [-0.15, -0.1) is 5.10 Å². The van der Waals surface area contributed by atoms with Crippen molar-refractivity contribution in [2.24, 2.45) is 0 Å². The van der Waals surface area contributed by atoms with E-state index in [1.165, 1.54) is 12.8 Å². The molecule has 1 aliphatic rings. The van der Waals surface area contributed by atoms with Crippen LogP contribution < -0.4 is 0 Å². The van der Waals surface area contributed by atoms with Crippen molar-refractivity contribution in [1.82, 2.24) is 15.4 Å². The number of hydrogen-bond donors (Lipinski definition) is 2. The minimum Gasteiger partial charge on any atom is -0.476 e. The zero-order chi connectivity index (χ0) is 10.7. The second-order valence-electron chi connectivity index (χ2n) is 4.05. The molecular weight excluding hydrogens is 194 g/mol. The Morgan fingerprint density at radius 1 is 1.20 bits per heavy atom. The number of aromatic nitrogens is 3. The Morgan fingerprint density at radius 2 is 1.87 bits per heavy atom. The number of aromatic amines is 1. The maximum absolute atomic E-state index is 10.9. The monoisotopic (exact) mass is 209 g/mol. The van der Waals surface area contributed by atoms with Gasteiger partial charge in [-0.1, -0.05) is 25.7 Å². The van der Waals surface area contributed by atoms with Crippen molar-refractivity contribution < 1.29 is 9.90 Å². The number of aromatic carboxylic acids is 1. The molecule has 0 spiro atoms. The van der Waals surface area contributed by atoms with Gasteiger partial charge in [0.15, 0.2) is 5.69 Å². The molecule has 82 valence electrons. The molecule has 0 bridgehead atoms. The van der Waals surface area contributed by atoms with Gasteiger partial charge in [-0.3, -0.25) is 0 Å². The zero-order valence-electron chi connectivity index (χ0n) is 8.57. The van der Waals surface area contributed by atoms with Gasteiger partial charge in [0.1, 0.15) is 5.69 Å². The molecule has 2 rings (SSSR count). The summed E-state index contributed by atoms with van der Waals surface area (Å²) in [6.07, 6.45) is 6.89. The summed E-state index contributed by atoms with van der Waals surface area (Å²) in [5.41, 5.74) is 0.742. The molecule has 5 heteroatoms. The van der Waals surface area contributed by atoms with E-state index in [0.717, 1.165) is 25.7 Å². The molecule has 1 saturated carbocycles. The molecule has 0 aliphatic heterocycles. The number of hydrogen-bond acceptors (Lipinski definition) is 3. The van der Waals surface area contributed by atoms with E-state index >= 15 is 0 Å². The van der Waals surface area contributed by atoms with Gasteiger partial charge in [-0.25, -0.2) is 4.79 Å². The number of carbonyl (C=O) groups is 1. The molecule has 15 heavy (non-hydrogen) atoms. The first kappa shape index (κ1) is 10.1. The normalized spacial score (nSPS) is 18.7. The van der Waals surface area contributed by atoms with Crippen LogP contribution in [0.2, 0.25) is 0 Å². The van der Waals surface area contributed by atoms with E-state index in [1.54, 1.807) is 0 Å². The average molecular weight is 209 g/mol. The van der Waals surface area contributed by atoms with Gasteiger partial charge in [0.2, 0.25) is 0 Å². The van der Waals surface area contributed by atoms with Gasteiger partial charge >= 0.3 is 5.97 Å². The minimum atomic E-state index is -0.983. The van der Waals surface area contributed by atoms with Gasteiger partial charge < -0.3 is 5.11 Å². The SMILES string of the molecule is O=C(O)c1n[nH]nc1C1CCCCCC1. The lowest BCUT2D eigenvalue weighted by Gasteiger charge is -2.10. The van der Waals surface area contributed by atoms with Crippen molar-refractivity contribution in [2.45, 2.75) is 44.4 Å². The van der Waals surface area contributed by atoms with E-state index in [1.807, 2.05) is 0 Å². The molecule has 2 N–H and O–H groups in total. The Balaban J connectivity index is 2.19. The van der Waals surface area contributed by atoms with Crippen LogP contribution >= 0.6 is 0 Å². The van der Waals surface area contributed by atoms with E-state index < -0.39 is 5.97 Å². The fourth-order valence-electron chi connectivity index (χ4n) is 2.23. The lowest BCUT2D eigenvalue weighted by atomic mass is 9.95. The first-order chi connectivity index (χ1) is 7.29. The molecule has 0 amide bonds. The lowest BCUT2D eigenvalue weighted by Crippen LogP contribution is -2.07. The Labute approximate surface area is 87.9 Å². The van der Waals surface area contributed by atoms with E-state index in [-0.39, 0.29) is 11.6 Å². The summed E-state index contributed by atoms with van der Waals surface area (Å²) in [4.78, 5) is 10.9. The molecule has 1 fully saturated rings. The first-order valence-corrected chi connectivity index (χ1v) is 5.43. The van der Waals surface area contributed by atoms with Crippen LogP contribution in [0.5, 0.6) is 0 Å². The van der Waals surface area contributed by atoms with Crippen molar-refractivity contribution in [2.75, 3.05) is 0 Å². The topological polar surface area (TPSA) is 78.9 Å². The van der Waals surface area contributed by atoms with Crippen molar-refractivity contribution >= 4 is 5.97 Å². The van der Waals surface area contributed by atoms with Gasteiger partial charge in [0, 0.05) is 5.92 Å². The van der Waals surface area contributed by atoms with Crippen molar-refractivity contribution in [3.63, 3.8) is 0 Å². The fraction of sp³-hybridized carbons (Fsp3) is 0.700. The summed E-state index contributed by atoms with van der Waals surface area (Å²) in [6.45, 7) is 0. The van der Waals surface area contributed by atoms with Crippen LogP contribution in [-0.2, 0) is 0 Å². The van der Waals surface area contributed by atoms with Gasteiger partial charge in [0.05, 0.1) is 0 Å². The van der Waals surface area contributed by atoms with E-state index in [9.17, 15) is 4.79 Å². The predicted octanol–water partition coefficient (Wildman–Crippen LogP) is 1.94. The van der Waals surface area contributed by atoms with Crippen LogP contribution in [-0.4, -0.2) is 26.5 Å².